The minimum Gasteiger partial charge on any atom is -0.478 e. The third-order valence-corrected chi connectivity index (χ3v) is 3.94. The van der Waals surface area contributed by atoms with E-state index in [0.29, 0.717) is 16.3 Å². The molecule has 1 heterocycles. The average molecular weight is 328 g/mol. The lowest BCUT2D eigenvalue weighted by Gasteiger charge is -2.23. The Labute approximate surface area is 121 Å². The van der Waals surface area contributed by atoms with Gasteiger partial charge in [0.05, 0.1) is 11.7 Å². The SMILES string of the molecule is O=C(O)c1c(Br)cccc1NCCC1CCCCO1. The predicted molar refractivity (Wildman–Crippen MR) is 77.8 cm³/mol. The third kappa shape index (κ3) is 3.94. The molecule has 1 saturated heterocycles. The predicted octanol–water partition coefficient (Wildman–Crippen LogP) is 3.52. The highest BCUT2D eigenvalue weighted by Gasteiger charge is 2.16. The third-order valence-electron chi connectivity index (χ3n) is 3.28. The van der Waals surface area contributed by atoms with Crippen LogP contribution in [0.3, 0.4) is 0 Å². The average Bonchev–Trinajstić information content (AvgIpc) is 2.39. The summed E-state index contributed by atoms with van der Waals surface area (Å²) < 4.78 is 6.25. The standard InChI is InChI=1S/C14H18BrNO3/c15-11-5-3-6-12(13(11)14(17)18)16-8-7-10-4-1-2-9-19-10/h3,5-6,10,16H,1-2,4,7-9H2,(H,17,18). The Bertz CT molecular complexity index is 444. The maximum Gasteiger partial charge on any atom is 0.338 e. The van der Waals surface area contributed by atoms with Crippen LogP contribution >= 0.6 is 15.9 Å². The zero-order valence-electron chi connectivity index (χ0n) is 10.7. The van der Waals surface area contributed by atoms with Crippen LogP contribution < -0.4 is 5.32 Å². The van der Waals surface area contributed by atoms with Gasteiger partial charge in [-0.1, -0.05) is 6.07 Å². The van der Waals surface area contributed by atoms with Crippen molar-refractivity contribution in [3.8, 4) is 0 Å². The lowest BCUT2D eigenvalue weighted by molar-refractivity contribution is 0.0134. The Kier molecular flexibility index (Phi) is 5.22. The van der Waals surface area contributed by atoms with Gasteiger partial charge in [-0.25, -0.2) is 4.79 Å². The summed E-state index contributed by atoms with van der Waals surface area (Å²) in [6, 6.07) is 5.35. The summed E-state index contributed by atoms with van der Waals surface area (Å²) in [5, 5.41) is 12.4. The van der Waals surface area contributed by atoms with Crippen molar-refractivity contribution in [2.24, 2.45) is 0 Å². The smallest absolute Gasteiger partial charge is 0.338 e. The molecule has 1 fully saturated rings. The van der Waals surface area contributed by atoms with Crippen LogP contribution in [0.5, 0.6) is 0 Å². The molecule has 0 saturated carbocycles. The van der Waals surface area contributed by atoms with Crippen molar-refractivity contribution in [1.29, 1.82) is 0 Å². The van der Waals surface area contributed by atoms with Crippen molar-refractivity contribution in [3.63, 3.8) is 0 Å². The highest BCUT2D eigenvalue weighted by atomic mass is 79.9. The maximum atomic E-state index is 11.2. The Morgan fingerprint density at radius 1 is 1.47 bits per heavy atom. The molecule has 1 aliphatic rings. The van der Waals surface area contributed by atoms with Crippen molar-refractivity contribution in [2.75, 3.05) is 18.5 Å². The van der Waals surface area contributed by atoms with Gasteiger partial charge in [-0.2, -0.15) is 0 Å². The number of aromatic carboxylic acids is 1. The Hall–Kier alpha value is -1.07. The summed E-state index contributed by atoms with van der Waals surface area (Å²) >= 11 is 3.27. The van der Waals surface area contributed by atoms with Crippen molar-refractivity contribution in [2.45, 2.75) is 31.8 Å². The molecule has 1 atom stereocenters. The first-order chi connectivity index (χ1) is 9.18. The zero-order valence-corrected chi connectivity index (χ0v) is 12.3. The molecule has 1 aromatic carbocycles. The van der Waals surface area contributed by atoms with Gasteiger partial charge in [-0.3, -0.25) is 0 Å². The van der Waals surface area contributed by atoms with Crippen molar-refractivity contribution < 1.29 is 14.6 Å². The maximum absolute atomic E-state index is 11.2. The van der Waals surface area contributed by atoms with Gasteiger partial charge in [-0.15, -0.1) is 0 Å². The molecule has 104 valence electrons. The van der Waals surface area contributed by atoms with Crippen LogP contribution in [0.1, 0.15) is 36.0 Å². The topological polar surface area (TPSA) is 58.6 Å². The van der Waals surface area contributed by atoms with Crippen LogP contribution in [0.15, 0.2) is 22.7 Å². The van der Waals surface area contributed by atoms with E-state index in [1.165, 1.54) is 6.42 Å². The fraction of sp³-hybridized carbons (Fsp3) is 0.500. The van der Waals surface area contributed by atoms with Crippen LogP contribution in [0.4, 0.5) is 5.69 Å². The minimum absolute atomic E-state index is 0.284. The van der Waals surface area contributed by atoms with E-state index in [0.717, 1.165) is 32.4 Å². The number of anilines is 1. The van der Waals surface area contributed by atoms with Gasteiger partial charge < -0.3 is 15.2 Å². The molecule has 4 nitrogen and oxygen atoms in total. The second-order valence-electron chi connectivity index (χ2n) is 4.67. The van der Waals surface area contributed by atoms with Crippen LogP contribution in [-0.2, 0) is 4.74 Å². The number of ether oxygens (including phenoxy) is 1. The van der Waals surface area contributed by atoms with E-state index in [2.05, 4.69) is 21.2 Å². The van der Waals surface area contributed by atoms with Gasteiger partial charge in [-0.05, 0) is 53.7 Å². The van der Waals surface area contributed by atoms with Crippen molar-refractivity contribution in [1.82, 2.24) is 0 Å². The number of halogens is 1. The molecular formula is C14H18BrNO3. The molecule has 2 N–H and O–H groups in total. The molecule has 2 rings (SSSR count). The number of hydrogen-bond donors (Lipinski definition) is 2. The summed E-state index contributed by atoms with van der Waals surface area (Å²) in [6.07, 6.45) is 4.69. The molecule has 5 heteroatoms. The van der Waals surface area contributed by atoms with E-state index in [1.807, 2.05) is 6.07 Å². The summed E-state index contributed by atoms with van der Waals surface area (Å²) in [5.41, 5.74) is 0.935. The zero-order chi connectivity index (χ0) is 13.7. The number of carboxylic acid groups (broad SMARTS) is 1. The van der Waals surface area contributed by atoms with Crippen LogP contribution in [0, 0.1) is 0 Å². The molecule has 1 unspecified atom stereocenters. The highest BCUT2D eigenvalue weighted by molar-refractivity contribution is 9.10. The molecule has 1 aromatic rings. The van der Waals surface area contributed by atoms with Crippen LogP contribution in [0.25, 0.3) is 0 Å². The highest BCUT2D eigenvalue weighted by Crippen LogP contribution is 2.25. The minimum atomic E-state index is -0.927. The molecule has 0 aliphatic carbocycles. The fourth-order valence-corrected chi connectivity index (χ4v) is 2.83. The van der Waals surface area contributed by atoms with E-state index in [4.69, 9.17) is 4.74 Å². The number of carboxylic acids is 1. The number of nitrogens with one attached hydrogen (secondary N) is 1. The number of carbonyl (C=O) groups is 1. The first-order valence-corrected chi connectivity index (χ1v) is 7.35. The summed E-state index contributed by atoms with van der Waals surface area (Å²) in [6.45, 7) is 1.57. The van der Waals surface area contributed by atoms with E-state index in [-0.39, 0.29) is 5.56 Å². The van der Waals surface area contributed by atoms with Gasteiger partial charge in [0.25, 0.3) is 0 Å². The lowest BCUT2D eigenvalue weighted by atomic mass is 10.1. The lowest BCUT2D eigenvalue weighted by Crippen LogP contribution is -2.22. The van der Waals surface area contributed by atoms with E-state index in [1.54, 1.807) is 12.1 Å². The molecule has 0 spiro atoms. The van der Waals surface area contributed by atoms with Gasteiger partial charge in [0.2, 0.25) is 0 Å². The van der Waals surface area contributed by atoms with Gasteiger partial charge in [0, 0.05) is 23.3 Å². The van der Waals surface area contributed by atoms with Gasteiger partial charge in [0.15, 0.2) is 0 Å². The first-order valence-electron chi connectivity index (χ1n) is 6.56. The molecular weight excluding hydrogens is 310 g/mol. The second kappa shape index (κ2) is 6.91. The number of rotatable bonds is 5. The molecule has 0 bridgehead atoms. The summed E-state index contributed by atoms with van der Waals surface area (Å²) in [5.74, 6) is -0.927. The monoisotopic (exact) mass is 327 g/mol. The molecule has 0 aromatic heterocycles. The Morgan fingerprint density at radius 3 is 3.00 bits per heavy atom. The van der Waals surface area contributed by atoms with Crippen molar-refractivity contribution in [3.05, 3.63) is 28.2 Å². The molecule has 19 heavy (non-hydrogen) atoms. The van der Waals surface area contributed by atoms with Crippen LogP contribution in [-0.4, -0.2) is 30.3 Å². The molecule has 0 radical (unpaired) electrons. The van der Waals surface area contributed by atoms with Gasteiger partial charge >= 0.3 is 5.97 Å². The fourth-order valence-electron chi connectivity index (χ4n) is 2.29. The van der Waals surface area contributed by atoms with E-state index < -0.39 is 5.97 Å². The first kappa shape index (κ1) is 14.3. The molecule has 0 amide bonds. The van der Waals surface area contributed by atoms with E-state index in [9.17, 15) is 9.90 Å². The normalized spacial score (nSPS) is 19.1. The molecule has 1 aliphatic heterocycles. The number of hydrogen-bond acceptors (Lipinski definition) is 3. The quantitative estimate of drug-likeness (QED) is 0.868. The Balaban J connectivity index is 1.92. The Morgan fingerprint density at radius 2 is 2.32 bits per heavy atom. The largest absolute Gasteiger partial charge is 0.478 e. The summed E-state index contributed by atoms with van der Waals surface area (Å²) in [4.78, 5) is 11.2. The number of benzene rings is 1. The second-order valence-corrected chi connectivity index (χ2v) is 5.53. The summed E-state index contributed by atoms with van der Waals surface area (Å²) in [7, 11) is 0. The van der Waals surface area contributed by atoms with Gasteiger partial charge in [0.1, 0.15) is 0 Å². The van der Waals surface area contributed by atoms with Crippen molar-refractivity contribution >= 4 is 27.6 Å². The van der Waals surface area contributed by atoms with Crippen LogP contribution in [0.2, 0.25) is 0 Å². The van der Waals surface area contributed by atoms with E-state index >= 15 is 0 Å².